The second-order valence-electron chi connectivity index (χ2n) is 7.92. The number of pyridine rings is 1. The molecule has 1 aromatic heterocycles. The molecule has 0 radical (unpaired) electrons. The van der Waals surface area contributed by atoms with Gasteiger partial charge in [-0.15, -0.1) is 0 Å². The SMILES string of the molecule is O=C(NCc1cccc2cccnc12)NC1CCN(C2CCCCC2)CC1. The maximum Gasteiger partial charge on any atom is 0.315 e. The molecule has 5 nitrogen and oxygen atoms in total. The quantitative estimate of drug-likeness (QED) is 0.865. The third-order valence-electron chi connectivity index (χ3n) is 6.11. The molecule has 2 fully saturated rings. The molecule has 1 aromatic carbocycles. The van der Waals surface area contributed by atoms with Crippen LogP contribution in [0.4, 0.5) is 4.79 Å². The van der Waals surface area contributed by atoms with Crippen molar-refractivity contribution < 1.29 is 4.79 Å². The van der Waals surface area contributed by atoms with Crippen molar-refractivity contribution >= 4 is 16.9 Å². The molecule has 2 aromatic rings. The van der Waals surface area contributed by atoms with E-state index in [0.717, 1.165) is 48.4 Å². The van der Waals surface area contributed by atoms with Gasteiger partial charge >= 0.3 is 6.03 Å². The van der Waals surface area contributed by atoms with Crippen LogP contribution in [0.5, 0.6) is 0 Å². The van der Waals surface area contributed by atoms with Crippen molar-refractivity contribution in [1.82, 2.24) is 20.5 Å². The maximum atomic E-state index is 12.3. The van der Waals surface area contributed by atoms with Crippen LogP contribution in [-0.4, -0.2) is 41.1 Å². The zero-order valence-electron chi connectivity index (χ0n) is 16.0. The lowest BCUT2D eigenvalue weighted by Gasteiger charge is -2.39. The Kier molecular flexibility index (Phi) is 5.87. The number of carbonyl (C=O) groups excluding carboxylic acids is 1. The average molecular weight is 367 g/mol. The largest absolute Gasteiger partial charge is 0.335 e. The molecule has 2 N–H and O–H groups in total. The Balaban J connectivity index is 1.24. The van der Waals surface area contributed by atoms with Gasteiger partial charge in [0.15, 0.2) is 0 Å². The first-order valence-electron chi connectivity index (χ1n) is 10.4. The van der Waals surface area contributed by atoms with E-state index in [9.17, 15) is 4.79 Å². The molecular weight excluding hydrogens is 336 g/mol. The van der Waals surface area contributed by atoms with Crippen LogP contribution in [0.3, 0.4) is 0 Å². The van der Waals surface area contributed by atoms with Gasteiger partial charge < -0.3 is 15.5 Å². The summed E-state index contributed by atoms with van der Waals surface area (Å²) in [5.74, 6) is 0. The van der Waals surface area contributed by atoms with E-state index >= 15 is 0 Å². The number of carbonyl (C=O) groups is 1. The van der Waals surface area contributed by atoms with Crippen molar-refractivity contribution in [2.75, 3.05) is 13.1 Å². The van der Waals surface area contributed by atoms with Gasteiger partial charge in [-0.1, -0.05) is 43.5 Å². The second kappa shape index (κ2) is 8.70. The number of aromatic nitrogens is 1. The standard InChI is InChI=1S/C22H30N4O/c27-22(24-16-18-7-4-6-17-8-5-13-23-21(17)18)25-19-11-14-26(15-12-19)20-9-2-1-3-10-20/h4-8,13,19-20H,1-3,9-12,14-16H2,(H2,24,25,27). The summed E-state index contributed by atoms with van der Waals surface area (Å²) in [5, 5.41) is 7.28. The molecular formula is C22H30N4O. The fraction of sp³-hybridized carbons (Fsp3) is 0.545. The number of nitrogens with one attached hydrogen (secondary N) is 2. The van der Waals surface area contributed by atoms with Crippen LogP contribution in [0.2, 0.25) is 0 Å². The lowest BCUT2D eigenvalue weighted by molar-refractivity contribution is 0.117. The second-order valence-corrected chi connectivity index (χ2v) is 7.92. The number of urea groups is 1. The highest BCUT2D eigenvalue weighted by Gasteiger charge is 2.26. The molecule has 2 heterocycles. The molecule has 0 unspecified atom stereocenters. The van der Waals surface area contributed by atoms with Crippen LogP contribution in [0, 0.1) is 0 Å². The lowest BCUT2D eigenvalue weighted by Crippen LogP contribution is -2.50. The first-order chi connectivity index (χ1) is 13.3. The number of hydrogen-bond acceptors (Lipinski definition) is 3. The van der Waals surface area contributed by atoms with E-state index in [1.54, 1.807) is 6.20 Å². The number of hydrogen-bond donors (Lipinski definition) is 2. The summed E-state index contributed by atoms with van der Waals surface area (Å²) in [5.41, 5.74) is 2.01. The Morgan fingerprint density at radius 1 is 1.04 bits per heavy atom. The third kappa shape index (κ3) is 4.59. The van der Waals surface area contributed by atoms with Crippen LogP contribution in [-0.2, 0) is 6.54 Å². The van der Waals surface area contributed by atoms with Gasteiger partial charge in [0.2, 0.25) is 0 Å². The van der Waals surface area contributed by atoms with Gasteiger partial charge in [-0.05, 0) is 37.3 Å². The van der Waals surface area contributed by atoms with Gasteiger partial charge in [-0.2, -0.15) is 0 Å². The number of para-hydroxylation sites is 1. The number of fused-ring (bicyclic) bond motifs is 1. The van der Waals surface area contributed by atoms with Crippen LogP contribution in [0.15, 0.2) is 36.5 Å². The van der Waals surface area contributed by atoms with E-state index in [4.69, 9.17) is 0 Å². The minimum Gasteiger partial charge on any atom is -0.335 e. The zero-order chi connectivity index (χ0) is 18.5. The van der Waals surface area contributed by atoms with E-state index in [-0.39, 0.29) is 12.1 Å². The molecule has 1 aliphatic heterocycles. The van der Waals surface area contributed by atoms with E-state index in [0.29, 0.717) is 6.54 Å². The topological polar surface area (TPSA) is 57.3 Å². The molecule has 5 heteroatoms. The molecule has 2 amide bonds. The average Bonchev–Trinajstić information content (AvgIpc) is 2.73. The van der Waals surface area contributed by atoms with Gasteiger partial charge in [0.1, 0.15) is 0 Å². The van der Waals surface area contributed by atoms with E-state index < -0.39 is 0 Å². The highest BCUT2D eigenvalue weighted by molar-refractivity contribution is 5.82. The molecule has 1 saturated carbocycles. The Morgan fingerprint density at radius 2 is 1.81 bits per heavy atom. The predicted molar refractivity (Wildman–Crippen MR) is 109 cm³/mol. The molecule has 0 bridgehead atoms. The van der Waals surface area contributed by atoms with Gasteiger partial charge in [-0.25, -0.2) is 4.79 Å². The molecule has 2 aliphatic rings. The normalized spacial score (nSPS) is 19.9. The fourth-order valence-corrected chi connectivity index (χ4v) is 4.58. The minimum atomic E-state index is -0.0703. The van der Waals surface area contributed by atoms with Gasteiger partial charge in [0.05, 0.1) is 5.52 Å². The van der Waals surface area contributed by atoms with Crippen molar-refractivity contribution in [3.05, 3.63) is 42.1 Å². The molecule has 1 saturated heterocycles. The van der Waals surface area contributed by atoms with E-state index in [1.807, 2.05) is 30.3 Å². The Bertz CT molecular complexity index is 759. The lowest BCUT2D eigenvalue weighted by atomic mass is 9.92. The zero-order valence-corrected chi connectivity index (χ0v) is 16.0. The monoisotopic (exact) mass is 366 g/mol. The summed E-state index contributed by atoms with van der Waals surface area (Å²) < 4.78 is 0. The fourth-order valence-electron chi connectivity index (χ4n) is 4.58. The highest BCUT2D eigenvalue weighted by atomic mass is 16.2. The molecule has 4 rings (SSSR count). The van der Waals surface area contributed by atoms with Crippen molar-refractivity contribution in [3.8, 4) is 0 Å². The number of likely N-dealkylation sites (tertiary alicyclic amines) is 1. The first-order valence-corrected chi connectivity index (χ1v) is 10.4. The van der Waals surface area contributed by atoms with Crippen molar-refractivity contribution in [2.24, 2.45) is 0 Å². The summed E-state index contributed by atoms with van der Waals surface area (Å²) in [4.78, 5) is 19.4. The minimum absolute atomic E-state index is 0.0703. The third-order valence-corrected chi connectivity index (χ3v) is 6.11. The number of benzene rings is 1. The first kappa shape index (κ1) is 18.2. The molecule has 0 spiro atoms. The molecule has 144 valence electrons. The predicted octanol–water partition coefficient (Wildman–Crippen LogP) is 3.83. The number of amides is 2. The molecule has 27 heavy (non-hydrogen) atoms. The number of piperidine rings is 1. The Hall–Kier alpha value is -2.14. The maximum absolute atomic E-state index is 12.3. The highest BCUT2D eigenvalue weighted by Crippen LogP contribution is 2.25. The van der Waals surface area contributed by atoms with Gasteiger partial charge in [-0.3, -0.25) is 4.98 Å². The van der Waals surface area contributed by atoms with E-state index in [2.05, 4.69) is 20.5 Å². The van der Waals surface area contributed by atoms with Gasteiger partial charge in [0, 0.05) is 43.3 Å². The number of nitrogens with zero attached hydrogens (tertiary/aromatic N) is 2. The van der Waals surface area contributed by atoms with Crippen molar-refractivity contribution in [3.63, 3.8) is 0 Å². The van der Waals surface area contributed by atoms with Crippen LogP contribution < -0.4 is 10.6 Å². The van der Waals surface area contributed by atoms with Crippen LogP contribution in [0.25, 0.3) is 10.9 Å². The summed E-state index contributed by atoms with van der Waals surface area (Å²) in [6.07, 6.45) is 10.8. The Morgan fingerprint density at radius 3 is 2.63 bits per heavy atom. The summed E-state index contributed by atoms with van der Waals surface area (Å²) in [6.45, 7) is 2.73. The van der Waals surface area contributed by atoms with Crippen LogP contribution >= 0.6 is 0 Å². The molecule has 1 aliphatic carbocycles. The molecule has 0 atom stereocenters. The smallest absolute Gasteiger partial charge is 0.315 e. The summed E-state index contributed by atoms with van der Waals surface area (Å²) in [7, 11) is 0. The summed E-state index contributed by atoms with van der Waals surface area (Å²) >= 11 is 0. The van der Waals surface area contributed by atoms with Crippen molar-refractivity contribution in [2.45, 2.75) is 63.6 Å². The van der Waals surface area contributed by atoms with Crippen LogP contribution in [0.1, 0.15) is 50.5 Å². The van der Waals surface area contributed by atoms with Crippen molar-refractivity contribution in [1.29, 1.82) is 0 Å². The van der Waals surface area contributed by atoms with E-state index in [1.165, 1.54) is 32.1 Å². The summed E-state index contributed by atoms with van der Waals surface area (Å²) in [6, 6.07) is 11.1. The number of rotatable bonds is 4. The van der Waals surface area contributed by atoms with Gasteiger partial charge in [0.25, 0.3) is 0 Å². The Labute approximate surface area is 161 Å².